The van der Waals surface area contributed by atoms with Gasteiger partial charge < -0.3 is 75.6 Å². The summed E-state index contributed by atoms with van der Waals surface area (Å²) in [5, 5.41) is 62.3. The van der Waals surface area contributed by atoms with Crippen LogP contribution in [0.1, 0.15) is 143 Å². The van der Waals surface area contributed by atoms with E-state index in [-0.39, 0.29) is 91.4 Å². The SMILES string of the molecule is CCCCC(C)(I)c1nc(C(=O)NCCC(=O)NCC(=O)NCC(=O)NCCCNCCCNC(=O)[C@]2(O)Cc3c(O)c4c(c(O)c3[C@@H](O[C@H]3C[C@H]5[C@H](O[C@@H]6[C@@H](OC)OCCN65)[C@H](C)O3)C2)C(=O)c2c(OC)cccc2C4=O)ccc1C#N. The maximum atomic E-state index is 14.2. The number of unbranched alkanes of at least 4 members (excludes halogenated alkanes) is 1. The molecule has 0 radical (unpaired) electrons. The molecule has 1 aromatic heterocycles. The van der Waals surface area contributed by atoms with Gasteiger partial charge in [-0.3, -0.25) is 38.5 Å². The molecule has 3 fully saturated rings. The Kier molecular flexibility index (Phi) is 20.8. The minimum absolute atomic E-state index is 0.0261. The minimum atomic E-state index is -2.25. The predicted molar refractivity (Wildman–Crippen MR) is 303 cm³/mol. The van der Waals surface area contributed by atoms with Gasteiger partial charge in [0.2, 0.25) is 23.5 Å². The number of methoxy groups -OCH3 is 2. The summed E-state index contributed by atoms with van der Waals surface area (Å²) < 4.78 is 35.6. The Balaban J connectivity index is 0.777. The van der Waals surface area contributed by atoms with Crippen LogP contribution in [0.15, 0.2) is 30.3 Å². The molecule has 0 spiro atoms. The van der Waals surface area contributed by atoms with Crippen LogP contribution in [0.3, 0.4) is 0 Å². The van der Waals surface area contributed by atoms with Gasteiger partial charge in [-0.25, -0.2) is 4.98 Å². The summed E-state index contributed by atoms with van der Waals surface area (Å²) >= 11 is 2.25. The number of rotatable bonds is 25. The molecule has 25 nitrogen and oxygen atoms in total. The monoisotopic (exact) mass is 1270 g/mol. The third-order valence-electron chi connectivity index (χ3n) is 15.5. The van der Waals surface area contributed by atoms with Crippen LogP contribution in [0.4, 0.5) is 0 Å². The molecule has 2 aromatic carbocycles. The number of alkyl halides is 1. The van der Waals surface area contributed by atoms with E-state index < -0.39 is 117 Å². The molecule has 0 saturated carbocycles. The molecule has 8 rings (SSSR count). The van der Waals surface area contributed by atoms with Crippen molar-refractivity contribution in [3.8, 4) is 23.3 Å². The van der Waals surface area contributed by atoms with Crippen LogP contribution in [-0.4, -0.2) is 182 Å². The number of amides is 5. The van der Waals surface area contributed by atoms with E-state index in [1.807, 2.05) is 13.8 Å². The van der Waals surface area contributed by atoms with Gasteiger partial charge in [0, 0.05) is 81.7 Å². The van der Waals surface area contributed by atoms with E-state index >= 15 is 0 Å². The first-order valence-electron chi connectivity index (χ1n) is 27.9. The quantitative estimate of drug-likeness (QED) is 0.0198. The number of nitrogens with zero attached hydrogens (tertiary/aromatic N) is 3. The molecular formula is C57H72IN9O16. The van der Waals surface area contributed by atoms with Crippen molar-refractivity contribution in [2.45, 2.75) is 131 Å². The Bertz CT molecular complexity index is 3010. The Morgan fingerprint density at radius 1 is 0.892 bits per heavy atom. The number of carbonyl (C=O) groups excluding carboxylic acids is 7. The Morgan fingerprint density at radius 3 is 2.31 bits per heavy atom. The Labute approximate surface area is 493 Å². The molecule has 2 aliphatic carbocycles. The average molecular weight is 1270 g/mol. The second-order valence-corrected chi connectivity index (χ2v) is 23.7. The van der Waals surface area contributed by atoms with Crippen LogP contribution in [0, 0.1) is 11.3 Å². The highest BCUT2D eigenvalue weighted by Crippen LogP contribution is 2.53. The summed E-state index contributed by atoms with van der Waals surface area (Å²) in [5.74, 6) is -5.60. The van der Waals surface area contributed by atoms with Crippen molar-refractivity contribution in [2.75, 3.05) is 73.2 Å². The van der Waals surface area contributed by atoms with E-state index in [1.54, 1.807) is 6.07 Å². The molecule has 9 N–H and O–H groups in total. The van der Waals surface area contributed by atoms with E-state index in [2.05, 4.69) is 77.4 Å². The first-order chi connectivity index (χ1) is 39.7. The summed E-state index contributed by atoms with van der Waals surface area (Å²) in [6.07, 6.45) is -1.60. The smallest absolute Gasteiger partial charge is 0.269 e. The number of aromatic nitrogens is 1. The molecule has 4 heterocycles. The number of morpholine rings is 1. The van der Waals surface area contributed by atoms with E-state index in [9.17, 15) is 54.1 Å². The zero-order chi connectivity index (χ0) is 59.8. The number of nitriles is 1. The summed E-state index contributed by atoms with van der Waals surface area (Å²) in [4.78, 5) is 99.1. The van der Waals surface area contributed by atoms with Crippen molar-refractivity contribution in [1.82, 2.24) is 41.8 Å². The van der Waals surface area contributed by atoms with Crippen LogP contribution in [0.5, 0.6) is 17.2 Å². The summed E-state index contributed by atoms with van der Waals surface area (Å²) in [5.41, 5.74) is -2.49. The lowest BCUT2D eigenvalue weighted by Gasteiger charge is -2.43. The number of hydrogen-bond donors (Lipinski definition) is 9. The van der Waals surface area contributed by atoms with Gasteiger partial charge in [-0.05, 0) is 64.4 Å². The molecule has 5 amide bonds. The number of pyridine rings is 1. The van der Waals surface area contributed by atoms with E-state index in [0.717, 1.165) is 19.3 Å². The van der Waals surface area contributed by atoms with Crippen LogP contribution in [0.25, 0.3) is 0 Å². The van der Waals surface area contributed by atoms with Gasteiger partial charge in [0.05, 0.1) is 70.4 Å². The number of benzene rings is 2. The first-order valence-corrected chi connectivity index (χ1v) is 29.0. The Morgan fingerprint density at radius 2 is 1.60 bits per heavy atom. The molecule has 3 saturated heterocycles. The first kappa shape index (κ1) is 62.6. The highest BCUT2D eigenvalue weighted by atomic mass is 127. The molecule has 9 atom stereocenters. The van der Waals surface area contributed by atoms with Gasteiger partial charge in [-0.15, -0.1) is 0 Å². The number of phenolic OH excluding ortho intramolecular Hbond substituents is 2. The van der Waals surface area contributed by atoms with Gasteiger partial charge in [-0.1, -0.05) is 54.5 Å². The molecule has 0 bridgehead atoms. The van der Waals surface area contributed by atoms with Crippen LogP contribution >= 0.6 is 22.6 Å². The van der Waals surface area contributed by atoms with E-state index in [0.29, 0.717) is 50.3 Å². The molecular weight excluding hydrogens is 1190 g/mol. The van der Waals surface area contributed by atoms with E-state index in [1.165, 1.54) is 38.5 Å². The largest absolute Gasteiger partial charge is 0.507 e. The lowest BCUT2D eigenvalue weighted by Crippen LogP contribution is -2.55. The normalized spacial score (nSPS) is 24.1. The predicted octanol–water partition coefficient (Wildman–Crippen LogP) is 1.91. The maximum absolute atomic E-state index is 14.2. The topological polar surface area (TPSA) is 348 Å². The fourth-order valence-corrected chi connectivity index (χ4v) is 12.1. The zero-order valence-corrected chi connectivity index (χ0v) is 49.2. The van der Waals surface area contributed by atoms with Gasteiger partial charge in [-0.2, -0.15) is 5.26 Å². The van der Waals surface area contributed by atoms with Gasteiger partial charge >= 0.3 is 0 Å². The number of aromatic hydroxyl groups is 2. The molecule has 3 aromatic rings. The number of fused-ring (bicyclic) bond motifs is 6. The number of hydrogen-bond acceptors (Lipinski definition) is 20. The molecule has 26 heteroatoms. The van der Waals surface area contributed by atoms with Crippen molar-refractivity contribution in [1.29, 1.82) is 5.26 Å². The number of aliphatic hydroxyl groups is 1. The molecule has 5 aliphatic rings. The molecule has 3 aliphatic heterocycles. The number of phenols is 2. The highest BCUT2D eigenvalue weighted by molar-refractivity contribution is 14.1. The van der Waals surface area contributed by atoms with Crippen LogP contribution in [-0.2, 0) is 52.7 Å². The second-order valence-electron chi connectivity index (χ2n) is 21.3. The van der Waals surface area contributed by atoms with Crippen molar-refractivity contribution >= 4 is 63.7 Å². The van der Waals surface area contributed by atoms with Crippen molar-refractivity contribution in [3.63, 3.8) is 0 Å². The Hall–Kier alpha value is -6.42. The summed E-state index contributed by atoms with van der Waals surface area (Å²) in [7, 11) is 2.87. The number of nitrogens with one attached hydrogen (secondary N) is 6. The number of halogens is 1. The van der Waals surface area contributed by atoms with Gasteiger partial charge in [0.1, 0.15) is 40.7 Å². The van der Waals surface area contributed by atoms with Gasteiger partial charge in [0.15, 0.2) is 24.6 Å². The maximum Gasteiger partial charge on any atom is 0.269 e. The molecule has 448 valence electrons. The zero-order valence-electron chi connectivity index (χ0n) is 47.0. The molecule has 83 heavy (non-hydrogen) atoms. The lowest BCUT2D eigenvalue weighted by molar-refractivity contribution is -0.256. The van der Waals surface area contributed by atoms with Gasteiger partial charge in [0.25, 0.3) is 11.8 Å². The third-order valence-corrected chi connectivity index (χ3v) is 16.6. The van der Waals surface area contributed by atoms with E-state index in [4.69, 9.17) is 28.4 Å². The highest BCUT2D eigenvalue weighted by Gasteiger charge is 2.55. The fraction of sp³-hybridized carbons (Fsp3) is 0.561. The second kappa shape index (κ2) is 27.5. The van der Waals surface area contributed by atoms with Crippen LogP contribution in [0.2, 0.25) is 0 Å². The number of carbonyl (C=O) groups is 7. The van der Waals surface area contributed by atoms with Crippen LogP contribution < -0.4 is 36.6 Å². The van der Waals surface area contributed by atoms with Crippen molar-refractivity contribution in [2.24, 2.45) is 0 Å². The minimum Gasteiger partial charge on any atom is -0.507 e. The summed E-state index contributed by atoms with van der Waals surface area (Å²) in [6, 6.07) is 9.39. The molecule has 1 unspecified atom stereocenters. The number of ketones is 2. The van der Waals surface area contributed by atoms with Crippen molar-refractivity contribution in [3.05, 3.63) is 80.7 Å². The van der Waals surface area contributed by atoms with Crippen molar-refractivity contribution < 1.29 is 77.3 Å². The lowest BCUT2D eigenvalue weighted by atomic mass is 9.72. The standard InChI is InChI=1S/C57H72IN9O16/c1-6-7-16-56(3,58)51-31(27-59)13-14-34(66-51)52(75)62-21-15-38(68)64-29-40(70)65-28-39(69)61-19-9-17-60-18-10-20-63-55(76)57(77)25-33-43(49(74)45-44(47(33)72)46(71)32-11-8-12-36(78-4)42(32)48(45)73)37(26-57)82-41-24-35-50(30(2)81-41)83-53-54(79-5)80-23-22-67(35)53/h8,11-14,30,35,37,41,50,53-54,60,72,74,77H,6-7,9-10,15-26,28-29H2,1-5H3,(H,61,69)(H,62,75)(H,63,76)(H,64,68)(H,65,70)/t30-,35-,37-,41-,50+,53+,54-,56?,57-/m0/s1. The summed E-state index contributed by atoms with van der Waals surface area (Å²) in [6.45, 7) is 7.37. The average Bonchev–Trinajstić information content (AvgIpc) is 4.06. The number of ether oxygens (including phenoxy) is 6. The third kappa shape index (κ3) is 13.9. The fourth-order valence-electron chi connectivity index (χ4n) is 11.3.